The fraction of sp³-hybridized carbons (Fsp3) is 0.143. The highest BCUT2D eigenvalue weighted by molar-refractivity contribution is 6.39. The molecule has 2 rings (SSSR count). The van der Waals surface area contributed by atoms with Crippen molar-refractivity contribution in [1.82, 2.24) is 0 Å². The lowest BCUT2D eigenvalue weighted by atomic mass is 9.98. The summed E-state index contributed by atoms with van der Waals surface area (Å²) in [5, 5.41) is -0.0700. The van der Waals surface area contributed by atoms with Crippen LogP contribution in [0.4, 0.5) is 22.0 Å². The van der Waals surface area contributed by atoms with Gasteiger partial charge in [-0.25, -0.2) is 0 Å². The second-order valence-corrected chi connectivity index (χ2v) is 4.99. The molecule has 0 saturated heterocycles. The molecule has 0 amide bonds. The molecule has 0 bridgehead atoms. The van der Waals surface area contributed by atoms with E-state index >= 15 is 0 Å². The van der Waals surface area contributed by atoms with Crippen molar-refractivity contribution in [2.24, 2.45) is 0 Å². The largest absolute Gasteiger partial charge is 0.435 e. The Labute approximate surface area is 132 Å². The van der Waals surface area contributed by atoms with Gasteiger partial charge in [0.25, 0.3) is 0 Å². The zero-order chi connectivity index (χ0) is 16.5. The zero-order valence-electron chi connectivity index (χ0n) is 10.6. The van der Waals surface area contributed by atoms with Gasteiger partial charge in [-0.1, -0.05) is 29.3 Å². The highest BCUT2D eigenvalue weighted by Crippen LogP contribution is 2.43. The molecule has 1 nitrogen and oxygen atoms in total. The molecule has 0 aliphatic heterocycles. The topological polar surface area (TPSA) is 9.23 Å². The van der Waals surface area contributed by atoms with E-state index in [4.69, 9.17) is 23.2 Å². The van der Waals surface area contributed by atoms with Gasteiger partial charge in [0.2, 0.25) is 0 Å². The van der Waals surface area contributed by atoms with Crippen LogP contribution in [-0.4, -0.2) is 6.61 Å². The SMILES string of the molecule is FC(F)Oc1ccc(C(F)(F)F)c(-c2c(Cl)cccc2Cl)c1. The maximum Gasteiger partial charge on any atom is 0.417 e. The predicted octanol–water partition coefficient (Wildman–Crippen LogP) is 6.28. The van der Waals surface area contributed by atoms with Crippen LogP contribution in [0.15, 0.2) is 36.4 Å². The molecule has 0 heterocycles. The molecule has 2 aromatic carbocycles. The first-order valence-corrected chi connectivity index (χ1v) is 6.56. The zero-order valence-corrected chi connectivity index (χ0v) is 12.1. The minimum atomic E-state index is -4.71. The molecule has 22 heavy (non-hydrogen) atoms. The van der Waals surface area contributed by atoms with Crippen LogP contribution in [0.5, 0.6) is 5.75 Å². The molecular formula is C14H7Cl2F5O. The lowest BCUT2D eigenvalue weighted by Crippen LogP contribution is -2.09. The summed E-state index contributed by atoms with van der Waals surface area (Å²) in [5.74, 6) is -0.422. The third kappa shape index (κ3) is 3.62. The fourth-order valence-electron chi connectivity index (χ4n) is 1.91. The second-order valence-electron chi connectivity index (χ2n) is 4.18. The number of ether oxygens (including phenoxy) is 1. The summed E-state index contributed by atoms with van der Waals surface area (Å²) in [7, 11) is 0. The number of benzene rings is 2. The van der Waals surface area contributed by atoms with E-state index in [0.717, 1.165) is 12.1 Å². The van der Waals surface area contributed by atoms with Crippen molar-refractivity contribution in [3.05, 3.63) is 52.0 Å². The Morgan fingerprint density at radius 1 is 0.955 bits per heavy atom. The molecule has 0 aliphatic rings. The molecular weight excluding hydrogens is 350 g/mol. The molecule has 0 unspecified atom stereocenters. The van der Waals surface area contributed by atoms with E-state index < -0.39 is 29.7 Å². The van der Waals surface area contributed by atoms with Crippen molar-refractivity contribution in [2.45, 2.75) is 12.8 Å². The molecule has 0 atom stereocenters. The highest BCUT2D eigenvalue weighted by Gasteiger charge is 2.35. The monoisotopic (exact) mass is 356 g/mol. The Balaban J connectivity index is 2.70. The first-order chi connectivity index (χ1) is 10.2. The smallest absolute Gasteiger partial charge is 0.417 e. The van der Waals surface area contributed by atoms with Gasteiger partial charge in [0.15, 0.2) is 0 Å². The lowest BCUT2D eigenvalue weighted by Gasteiger charge is -2.16. The molecule has 118 valence electrons. The Kier molecular flexibility index (Phi) is 4.82. The van der Waals surface area contributed by atoms with Crippen molar-refractivity contribution >= 4 is 23.2 Å². The summed E-state index contributed by atoms with van der Waals surface area (Å²) in [5.41, 5.74) is -1.58. The maximum atomic E-state index is 13.1. The van der Waals surface area contributed by atoms with Gasteiger partial charge in [0.1, 0.15) is 5.75 Å². The number of halogens is 7. The van der Waals surface area contributed by atoms with Crippen LogP contribution in [0.1, 0.15) is 5.56 Å². The van der Waals surface area contributed by atoms with Gasteiger partial charge in [-0.2, -0.15) is 22.0 Å². The minimum absolute atomic E-state index is 0.0350. The first-order valence-electron chi connectivity index (χ1n) is 5.80. The van der Waals surface area contributed by atoms with Crippen LogP contribution in [0.2, 0.25) is 10.0 Å². The summed E-state index contributed by atoms with van der Waals surface area (Å²) >= 11 is 11.8. The average Bonchev–Trinajstić information content (AvgIpc) is 2.36. The Bertz CT molecular complexity index is 665. The van der Waals surface area contributed by atoms with E-state index in [9.17, 15) is 22.0 Å². The van der Waals surface area contributed by atoms with Crippen molar-refractivity contribution in [3.63, 3.8) is 0 Å². The van der Waals surface area contributed by atoms with E-state index in [1.54, 1.807) is 0 Å². The van der Waals surface area contributed by atoms with Gasteiger partial charge < -0.3 is 4.74 Å². The molecule has 0 aromatic heterocycles. The van der Waals surface area contributed by atoms with Crippen LogP contribution in [0, 0.1) is 0 Å². The highest BCUT2D eigenvalue weighted by atomic mass is 35.5. The van der Waals surface area contributed by atoms with E-state index in [0.29, 0.717) is 6.07 Å². The number of rotatable bonds is 3. The van der Waals surface area contributed by atoms with Crippen LogP contribution >= 0.6 is 23.2 Å². The molecule has 0 radical (unpaired) electrons. The van der Waals surface area contributed by atoms with Crippen molar-refractivity contribution < 1.29 is 26.7 Å². The normalized spacial score (nSPS) is 11.8. The van der Waals surface area contributed by atoms with Gasteiger partial charge in [-0.3, -0.25) is 0 Å². The Morgan fingerprint density at radius 2 is 1.55 bits per heavy atom. The molecule has 0 N–H and O–H groups in total. The second kappa shape index (κ2) is 6.30. The van der Waals surface area contributed by atoms with Crippen LogP contribution in [-0.2, 0) is 6.18 Å². The summed E-state index contributed by atoms with van der Waals surface area (Å²) in [6, 6.07) is 6.45. The van der Waals surface area contributed by atoms with Crippen LogP contribution in [0.25, 0.3) is 11.1 Å². The summed E-state index contributed by atoms with van der Waals surface area (Å²) in [6.45, 7) is -3.16. The average molecular weight is 357 g/mol. The van der Waals surface area contributed by atoms with E-state index in [1.165, 1.54) is 18.2 Å². The van der Waals surface area contributed by atoms with E-state index in [1.807, 2.05) is 0 Å². The number of hydrogen-bond acceptors (Lipinski definition) is 1. The minimum Gasteiger partial charge on any atom is -0.435 e. The van der Waals surface area contributed by atoms with E-state index in [2.05, 4.69) is 4.74 Å². The van der Waals surface area contributed by atoms with Gasteiger partial charge in [0, 0.05) is 21.2 Å². The lowest BCUT2D eigenvalue weighted by molar-refractivity contribution is -0.137. The third-order valence-corrected chi connectivity index (χ3v) is 3.38. The summed E-state index contributed by atoms with van der Waals surface area (Å²) < 4.78 is 68.0. The fourth-order valence-corrected chi connectivity index (χ4v) is 2.51. The molecule has 0 saturated carbocycles. The summed E-state index contributed by atoms with van der Waals surface area (Å²) in [4.78, 5) is 0. The Morgan fingerprint density at radius 3 is 2.05 bits per heavy atom. The number of alkyl halides is 5. The standard InChI is InChI=1S/C14H7Cl2F5O/c15-10-2-1-3-11(16)12(10)8-6-7(22-13(17)18)4-5-9(8)14(19,20)21/h1-6,13H. The quantitative estimate of drug-likeness (QED) is 0.588. The molecule has 0 spiro atoms. The first kappa shape index (κ1) is 16.8. The molecule has 0 fully saturated rings. The van der Waals surface area contributed by atoms with Gasteiger partial charge in [-0.05, 0) is 30.3 Å². The predicted molar refractivity (Wildman–Crippen MR) is 73.5 cm³/mol. The third-order valence-electron chi connectivity index (χ3n) is 2.75. The van der Waals surface area contributed by atoms with E-state index in [-0.39, 0.29) is 15.6 Å². The Hall–Kier alpha value is -1.53. The summed E-state index contributed by atoms with van der Waals surface area (Å²) in [6.07, 6.45) is -4.71. The molecule has 2 aromatic rings. The molecule has 8 heteroatoms. The van der Waals surface area contributed by atoms with Crippen LogP contribution < -0.4 is 4.74 Å². The molecule has 0 aliphatic carbocycles. The van der Waals surface area contributed by atoms with Gasteiger partial charge >= 0.3 is 12.8 Å². The van der Waals surface area contributed by atoms with Gasteiger partial charge in [-0.15, -0.1) is 0 Å². The van der Waals surface area contributed by atoms with Crippen molar-refractivity contribution in [2.75, 3.05) is 0 Å². The van der Waals surface area contributed by atoms with Crippen molar-refractivity contribution in [3.8, 4) is 16.9 Å². The van der Waals surface area contributed by atoms with Crippen molar-refractivity contribution in [1.29, 1.82) is 0 Å². The number of hydrogen-bond donors (Lipinski definition) is 0. The van der Waals surface area contributed by atoms with Crippen LogP contribution in [0.3, 0.4) is 0 Å². The van der Waals surface area contributed by atoms with Gasteiger partial charge in [0.05, 0.1) is 5.56 Å². The maximum absolute atomic E-state index is 13.1.